The van der Waals surface area contributed by atoms with Gasteiger partial charge in [0.1, 0.15) is 11.6 Å². The Balaban J connectivity index is 1.27. The van der Waals surface area contributed by atoms with Crippen LogP contribution in [0.3, 0.4) is 0 Å². The van der Waals surface area contributed by atoms with Gasteiger partial charge in [-0.3, -0.25) is 9.97 Å². The molecule has 3 aromatic carbocycles. The summed E-state index contributed by atoms with van der Waals surface area (Å²) in [4.78, 5) is 25.6. The summed E-state index contributed by atoms with van der Waals surface area (Å²) in [6, 6.07) is 24.4. The van der Waals surface area contributed by atoms with Crippen molar-refractivity contribution in [2.24, 2.45) is 0 Å². The van der Waals surface area contributed by atoms with Gasteiger partial charge in [-0.2, -0.15) is 0 Å². The van der Waals surface area contributed by atoms with Gasteiger partial charge in [0.25, 0.3) is 0 Å². The van der Waals surface area contributed by atoms with Crippen LogP contribution >= 0.6 is 0 Å². The Morgan fingerprint density at radius 1 is 0.618 bits per heavy atom. The molecule has 0 saturated heterocycles. The van der Waals surface area contributed by atoms with Crippen LogP contribution in [0.4, 0.5) is 0 Å². The fraction of sp³-hybridized carbons (Fsp3) is 0. The van der Waals surface area contributed by atoms with Crippen molar-refractivity contribution in [3.63, 3.8) is 0 Å². The lowest BCUT2D eigenvalue weighted by Gasteiger charge is -2.03. The maximum atomic E-state index is 4.95. The minimum Gasteiger partial charge on any atom is -0.338 e. The van der Waals surface area contributed by atoms with E-state index in [0.29, 0.717) is 0 Å². The summed E-state index contributed by atoms with van der Waals surface area (Å²) in [5.74, 6) is 1.66. The molecule has 0 bridgehead atoms. The molecule has 6 nitrogen and oxygen atoms in total. The zero-order chi connectivity index (χ0) is 22.5. The van der Waals surface area contributed by atoms with Crippen LogP contribution in [-0.2, 0) is 0 Å². The SMILES string of the molecule is C(=C\c1nc2ccccc2[nH]1)/c1ccc(-c2nc3c4cccnc4c4ncccc4c3[nH]2)cc1. The molecular weight excluding hydrogens is 420 g/mol. The highest BCUT2D eigenvalue weighted by Crippen LogP contribution is 2.33. The van der Waals surface area contributed by atoms with E-state index < -0.39 is 0 Å². The van der Waals surface area contributed by atoms with Crippen molar-refractivity contribution in [1.29, 1.82) is 0 Å². The second-order valence-electron chi connectivity index (χ2n) is 8.20. The number of imidazole rings is 2. The molecular formula is C28H18N6. The van der Waals surface area contributed by atoms with Gasteiger partial charge in [0, 0.05) is 28.7 Å². The molecule has 7 aromatic rings. The first-order valence-electron chi connectivity index (χ1n) is 11.1. The molecule has 34 heavy (non-hydrogen) atoms. The number of nitrogens with zero attached hydrogens (tertiary/aromatic N) is 4. The average Bonchev–Trinajstić information content (AvgIpc) is 3.53. The molecule has 0 saturated carbocycles. The second kappa shape index (κ2) is 7.35. The van der Waals surface area contributed by atoms with E-state index in [4.69, 9.17) is 4.98 Å². The summed E-state index contributed by atoms with van der Waals surface area (Å²) in [6.45, 7) is 0. The standard InChI is InChI=1S/C28H18N6/c1-2-8-22-21(7-1)31-23(32-22)14-11-17-9-12-18(13-10-17)28-33-26-19-5-3-15-29-24(19)25-20(27(26)34-28)6-4-16-30-25/h1-16H,(H,31,32)(H,33,34)/b14-11+. The maximum Gasteiger partial charge on any atom is 0.138 e. The van der Waals surface area contributed by atoms with Crippen LogP contribution in [0, 0.1) is 0 Å². The van der Waals surface area contributed by atoms with Gasteiger partial charge in [0.15, 0.2) is 0 Å². The third-order valence-electron chi connectivity index (χ3n) is 6.09. The first-order valence-corrected chi connectivity index (χ1v) is 11.1. The van der Waals surface area contributed by atoms with Gasteiger partial charge in [-0.15, -0.1) is 0 Å². The monoisotopic (exact) mass is 438 g/mol. The van der Waals surface area contributed by atoms with E-state index in [0.717, 1.165) is 66.6 Å². The molecule has 6 heteroatoms. The highest BCUT2D eigenvalue weighted by molar-refractivity contribution is 6.21. The fourth-order valence-corrected chi connectivity index (χ4v) is 4.46. The number of nitrogens with one attached hydrogen (secondary N) is 2. The number of hydrogen-bond acceptors (Lipinski definition) is 4. The van der Waals surface area contributed by atoms with E-state index in [1.165, 1.54) is 0 Å². The predicted molar refractivity (Wildman–Crippen MR) is 137 cm³/mol. The van der Waals surface area contributed by atoms with E-state index >= 15 is 0 Å². The summed E-state index contributed by atoms with van der Waals surface area (Å²) in [5.41, 5.74) is 7.75. The van der Waals surface area contributed by atoms with Crippen molar-refractivity contribution in [3.8, 4) is 11.4 Å². The number of rotatable bonds is 3. The third-order valence-corrected chi connectivity index (χ3v) is 6.09. The molecule has 0 unspecified atom stereocenters. The maximum absolute atomic E-state index is 4.95. The quantitative estimate of drug-likeness (QED) is 0.314. The van der Waals surface area contributed by atoms with Gasteiger partial charge in [0.2, 0.25) is 0 Å². The number of fused-ring (bicyclic) bond motifs is 7. The van der Waals surface area contributed by atoms with Gasteiger partial charge in [0.05, 0.1) is 33.1 Å². The van der Waals surface area contributed by atoms with Gasteiger partial charge in [-0.25, -0.2) is 9.97 Å². The second-order valence-corrected chi connectivity index (χ2v) is 8.20. The summed E-state index contributed by atoms with van der Waals surface area (Å²) >= 11 is 0. The minimum atomic E-state index is 0.823. The number of aromatic nitrogens is 6. The predicted octanol–water partition coefficient (Wildman–Crippen LogP) is 6.37. The molecule has 0 amide bonds. The van der Waals surface area contributed by atoms with Crippen molar-refractivity contribution in [1.82, 2.24) is 29.9 Å². The van der Waals surface area contributed by atoms with Gasteiger partial charge in [-0.05, 0) is 48.0 Å². The lowest BCUT2D eigenvalue weighted by molar-refractivity contribution is 1.29. The molecule has 7 rings (SSSR count). The van der Waals surface area contributed by atoms with E-state index in [2.05, 4.69) is 67.4 Å². The molecule has 160 valence electrons. The van der Waals surface area contributed by atoms with Crippen LogP contribution in [0.1, 0.15) is 11.4 Å². The Hall–Kier alpha value is -4.84. The van der Waals surface area contributed by atoms with Crippen molar-refractivity contribution in [3.05, 3.63) is 96.6 Å². The molecule has 4 aromatic heterocycles. The molecule has 0 spiro atoms. The number of para-hydroxylation sites is 2. The Kier molecular flexibility index (Phi) is 4.04. The molecule has 2 N–H and O–H groups in total. The molecule has 0 aliphatic rings. The third kappa shape index (κ3) is 2.97. The summed E-state index contributed by atoms with van der Waals surface area (Å²) in [5, 5.41) is 2.02. The van der Waals surface area contributed by atoms with Crippen LogP contribution < -0.4 is 0 Å². The number of pyridine rings is 2. The smallest absolute Gasteiger partial charge is 0.138 e. The lowest BCUT2D eigenvalue weighted by Crippen LogP contribution is -1.86. The number of aromatic amines is 2. The first kappa shape index (κ1) is 18.7. The van der Waals surface area contributed by atoms with E-state index in [-0.39, 0.29) is 0 Å². The Bertz CT molecular complexity index is 1750. The van der Waals surface area contributed by atoms with Crippen molar-refractivity contribution >= 4 is 56.0 Å². The zero-order valence-electron chi connectivity index (χ0n) is 18.0. The molecule has 0 aliphatic carbocycles. The topological polar surface area (TPSA) is 83.1 Å². The first-order chi connectivity index (χ1) is 16.8. The number of hydrogen-bond donors (Lipinski definition) is 2. The summed E-state index contributed by atoms with van der Waals surface area (Å²) < 4.78 is 0. The molecule has 4 heterocycles. The minimum absolute atomic E-state index is 0.823. The van der Waals surface area contributed by atoms with E-state index in [1.807, 2.05) is 42.5 Å². The van der Waals surface area contributed by atoms with Crippen LogP contribution in [0.5, 0.6) is 0 Å². The van der Waals surface area contributed by atoms with Crippen LogP contribution in [0.25, 0.3) is 67.4 Å². The van der Waals surface area contributed by atoms with Crippen molar-refractivity contribution < 1.29 is 0 Å². The molecule has 0 atom stereocenters. The molecule has 0 radical (unpaired) electrons. The molecule has 0 aliphatic heterocycles. The largest absolute Gasteiger partial charge is 0.338 e. The highest BCUT2D eigenvalue weighted by Gasteiger charge is 2.14. The van der Waals surface area contributed by atoms with Crippen LogP contribution in [0.15, 0.2) is 85.2 Å². The Labute approximate surface area is 194 Å². The van der Waals surface area contributed by atoms with E-state index in [1.54, 1.807) is 12.4 Å². The average molecular weight is 438 g/mol. The highest BCUT2D eigenvalue weighted by atomic mass is 14.9. The Morgan fingerprint density at radius 3 is 2.21 bits per heavy atom. The Morgan fingerprint density at radius 2 is 1.38 bits per heavy atom. The van der Waals surface area contributed by atoms with Gasteiger partial charge in [-0.1, -0.05) is 42.5 Å². The fourth-order valence-electron chi connectivity index (χ4n) is 4.46. The number of benzene rings is 3. The van der Waals surface area contributed by atoms with Crippen LogP contribution in [-0.4, -0.2) is 29.9 Å². The van der Waals surface area contributed by atoms with E-state index in [9.17, 15) is 0 Å². The molecule has 0 fully saturated rings. The zero-order valence-corrected chi connectivity index (χ0v) is 18.0. The summed E-state index contributed by atoms with van der Waals surface area (Å²) in [6.07, 6.45) is 7.65. The lowest BCUT2D eigenvalue weighted by atomic mass is 10.1. The summed E-state index contributed by atoms with van der Waals surface area (Å²) in [7, 11) is 0. The van der Waals surface area contributed by atoms with Crippen LogP contribution in [0.2, 0.25) is 0 Å². The number of H-pyrrole nitrogens is 2. The normalized spacial score (nSPS) is 12.0. The van der Waals surface area contributed by atoms with Gasteiger partial charge >= 0.3 is 0 Å². The van der Waals surface area contributed by atoms with Crippen molar-refractivity contribution in [2.45, 2.75) is 0 Å². The van der Waals surface area contributed by atoms with Gasteiger partial charge < -0.3 is 9.97 Å². The van der Waals surface area contributed by atoms with Crippen molar-refractivity contribution in [2.75, 3.05) is 0 Å².